The van der Waals surface area contributed by atoms with Gasteiger partial charge in [0.2, 0.25) is 0 Å². The minimum atomic E-state index is 0.181. The molecule has 1 atom stereocenters. The molecular weight excluding hydrogens is 262 g/mol. The molecule has 0 unspecified atom stereocenters. The molecule has 0 fully saturated rings. The molecule has 21 heavy (non-hydrogen) atoms. The lowest BCUT2D eigenvalue weighted by Gasteiger charge is -2.13. The van der Waals surface area contributed by atoms with Crippen LogP contribution in [-0.4, -0.2) is 17.0 Å². The molecule has 0 saturated heterocycles. The van der Waals surface area contributed by atoms with E-state index >= 15 is 0 Å². The molecule has 0 amide bonds. The number of nitrogens with zero attached hydrogens (tertiary/aromatic N) is 1. The highest BCUT2D eigenvalue weighted by Crippen LogP contribution is 2.29. The van der Waals surface area contributed by atoms with Crippen LogP contribution in [0, 0.1) is 12.8 Å². The van der Waals surface area contributed by atoms with Gasteiger partial charge >= 0.3 is 0 Å². The Labute approximate surface area is 126 Å². The van der Waals surface area contributed by atoms with Gasteiger partial charge in [-0.05, 0) is 44.4 Å². The standard InChI is InChI=1S/C18H25NO2/c1-6-13(4)21-15-7-8-18-16(9-15)17(11-20)14(5)19(18)10-12(2)3/h7-9,11-13H,6,10H2,1-5H3/t13-/m1/s1. The van der Waals surface area contributed by atoms with Gasteiger partial charge in [-0.2, -0.15) is 0 Å². The van der Waals surface area contributed by atoms with Crippen LogP contribution in [0.5, 0.6) is 5.75 Å². The van der Waals surface area contributed by atoms with E-state index in [4.69, 9.17) is 4.74 Å². The molecule has 3 nitrogen and oxygen atoms in total. The summed E-state index contributed by atoms with van der Waals surface area (Å²) < 4.78 is 8.11. The Kier molecular flexibility index (Phi) is 4.71. The molecule has 114 valence electrons. The molecule has 0 aliphatic rings. The van der Waals surface area contributed by atoms with Crippen molar-refractivity contribution < 1.29 is 9.53 Å². The fourth-order valence-corrected chi connectivity index (χ4v) is 2.63. The van der Waals surface area contributed by atoms with Crippen LogP contribution >= 0.6 is 0 Å². The van der Waals surface area contributed by atoms with Gasteiger partial charge in [0.15, 0.2) is 6.29 Å². The number of benzene rings is 1. The average molecular weight is 287 g/mol. The van der Waals surface area contributed by atoms with Crippen molar-refractivity contribution in [2.24, 2.45) is 5.92 Å². The number of aromatic nitrogens is 1. The van der Waals surface area contributed by atoms with E-state index in [0.29, 0.717) is 5.92 Å². The van der Waals surface area contributed by atoms with Gasteiger partial charge in [0, 0.05) is 28.7 Å². The zero-order valence-corrected chi connectivity index (χ0v) is 13.6. The van der Waals surface area contributed by atoms with Crippen LogP contribution in [0.4, 0.5) is 0 Å². The summed E-state index contributed by atoms with van der Waals surface area (Å²) in [5, 5.41) is 0.990. The van der Waals surface area contributed by atoms with Crippen molar-refractivity contribution in [2.75, 3.05) is 0 Å². The molecule has 0 radical (unpaired) electrons. The Morgan fingerprint density at radius 1 is 1.29 bits per heavy atom. The lowest BCUT2D eigenvalue weighted by atomic mass is 10.1. The highest BCUT2D eigenvalue weighted by atomic mass is 16.5. The first-order valence-electron chi connectivity index (χ1n) is 7.72. The van der Waals surface area contributed by atoms with E-state index in [2.05, 4.69) is 38.3 Å². The van der Waals surface area contributed by atoms with Crippen LogP contribution in [0.3, 0.4) is 0 Å². The maximum absolute atomic E-state index is 11.5. The maximum Gasteiger partial charge on any atom is 0.152 e. The fourth-order valence-electron chi connectivity index (χ4n) is 2.63. The van der Waals surface area contributed by atoms with Gasteiger partial charge in [0.1, 0.15) is 5.75 Å². The SMILES string of the molecule is CC[C@@H](C)Oc1ccc2c(c1)c(C=O)c(C)n2CC(C)C. The number of aldehydes is 1. The van der Waals surface area contributed by atoms with Crippen molar-refractivity contribution in [1.29, 1.82) is 0 Å². The molecule has 1 aromatic carbocycles. The number of ether oxygens (including phenoxy) is 1. The van der Waals surface area contributed by atoms with Crippen molar-refractivity contribution in [3.05, 3.63) is 29.5 Å². The number of rotatable bonds is 6. The number of carbonyl (C=O) groups excluding carboxylic acids is 1. The number of hydrogen-bond acceptors (Lipinski definition) is 2. The first kappa shape index (κ1) is 15.6. The van der Waals surface area contributed by atoms with Crippen LogP contribution in [0.25, 0.3) is 10.9 Å². The molecular formula is C18H25NO2. The molecule has 0 saturated carbocycles. The Hall–Kier alpha value is -1.77. The summed E-state index contributed by atoms with van der Waals surface area (Å²) in [6, 6.07) is 6.06. The molecule has 3 heteroatoms. The molecule has 1 heterocycles. The van der Waals surface area contributed by atoms with Gasteiger partial charge in [-0.25, -0.2) is 0 Å². The quantitative estimate of drug-likeness (QED) is 0.727. The first-order chi connectivity index (χ1) is 9.97. The van der Waals surface area contributed by atoms with Gasteiger partial charge in [-0.1, -0.05) is 20.8 Å². The Morgan fingerprint density at radius 2 is 2.00 bits per heavy atom. The van der Waals surface area contributed by atoms with E-state index in [0.717, 1.165) is 47.2 Å². The Morgan fingerprint density at radius 3 is 2.57 bits per heavy atom. The second-order valence-electron chi connectivity index (χ2n) is 6.14. The summed E-state index contributed by atoms with van der Waals surface area (Å²) >= 11 is 0. The van der Waals surface area contributed by atoms with Crippen molar-refractivity contribution >= 4 is 17.2 Å². The van der Waals surface area contributed by atoms with Crippen molar-refractivity contribution in [2.45, 2.75) is 53.7 Å². The van der Waals surface area contributed by atoms with Gasteiger partial charge in [0.05, 0.1) is 6.10 Å². The molecule has 2 rings (SSSR count). The number of carbonyl (C=O) groups is 1. The molecule has 0 N–H and O–H groups in total. The third kappa shape index (κ3) is 3.12. The van der Waals surface area contributed by atoms with Crippen LogP contribution in [0.15, 0.2) is 18.2 Å². The van der Waals surface area contributed by atoms with Gasteiger partial charge in [-0.3, -0.25) is 4.79 Å². The summed E-state index contributed by atoms with van der Waals surface area (Å²) in [6.07, 6.45) is 2.11. The van der Waals surface area contributed by atoms with Crippen LogP contribution in [0.2, 0.25) is 0 Å². The number of hydrogen-bond donors (Lipinski definition) is 0. The van der Waals surface area contributed by atoms with E-state index < -0.39 is 0 Å². The van der Waals surface area contributed by atoms with Crippen LogP contribution in [-0.2, 0) is 6.54 Å². The van der Waals surface area contributed by atoms with E-state index in [9.17, 15) is 4.79 Å². The van der Waals surface area contributed by atoms with Gasteiger partial charge in [0.25, 0.3) is 0 Å². The molecule has 0 spiro atoms. The summed E-state index contributed by atoms with van der Waals surface area (Å²) in [6.45, 7) is 11.5. The highest BCUT2D eigenvalue weighted by molar-refractivity contribution is 6.00. The van der Waals surface area contributed by atoms with E-state index in [1.807, 2.05) is 19.1 Å². The maximum atomic E-state index is 11.5. The third-order valence-corrected chi connectivity index (χ3v) is 3.92. The van der Waals surface area contributed by atoms with Gasteiger partial charge < -0.3 is 9.30 Å². The minimum absolute atomic E-state index is 0.181. The highest BCUT2D eigenvalue weighted by Gasteiger charge is 2.15. The largest absolute Gasteiger partial charge is 0.491 e. The molecule has 0 bridgehead atoms. The molecule has 2 aromatic rings. The summed E-state index contributed by atoms with van der Waals surface area (Å²) in [7, 11) is 0. The van der Waals surface area contributed by atoms with Crippen molar-refractivity contribution in [3.63, 3.8) is 0 Å². The predicted molar refractivity (Wildman–Crippen MR) is 87.3 cm³/mol. The summed E-state index contributed by atoms with van der Waals surface area (Å²) in [5.74, 6) is 1.37. The Bertz CT molecular complexity index is 640. The van der Waals surface area contributed by atoms with Crippen molar-refractivity contribution in [3.8, 4) is 5.75 Å². The fraction of sp³-hybridized carbons (Fsp3) is 0.500. The van der Waals surface area contributed by atoms with Crippen LogP contribution < -0.4 is 4.74 Å². The van der Waals surface area contributed by atoms with Gasteiger partial charge in [-0.15, -0.1) is 0 Å². The summed E-state index contributed by atoms with van der Waals surface area (Å²) in [5.41, 5.74) is 2.93. The second-order valence-corrected chi connectivity index (χ2v) is 6.14. The monoisotopic (exact) mass is 287 g/mol. The van der Waals surface area contributed by atoms with E-state index in [-0.39, 0.29) is 6.10 Å². The van der Waals surface area contributed by atoms with E-state index in [1.165, 1.54) is 0 Å². The zero-order chi connectivity index (χ0) is 15.6. The zero-order valence-electron chi connectivity index (χ0n) is 13.6. The molecule has 1 aromatic heterocycles. The van der Waals surface area contributed by atoms with Crippen molar-refractivity contribution in [1.82, 2.24) is 4.57 Å². The topological polar surface area (TPSA) is 31.2 Å². The summed E-state index contributed by atoms with van der Waals surface area (Å²) in [4.78, 5) is 11.5. The number of fused-ring (bicyclic) bond motifs is 1. The lowest BCUT2D eigenvalue weighted by Crippen LogP contribution is -2.09. The molecule has 0 aliphatic heterocycles. The smallest absolute Gasteiger partial charge is 0.152 e. The first-order valence-corrected chi connectivity index (χ1v) is 7.72. The predicted octanol–water partition coefficient (Wildman–Crippen LogP) is 4.60. The second kappa shape index (κ2) is 6.33. The Balaban J connectivity index is 2.53. The molecule has 0 aliphatic carbocycles. The lowest BCUT2D eigenvalue weighted by molar-refractivity contribution is 0.112. The normalized spacial score (nSPS) is 12.9. The average Bonchev–Trinajstić information content (AvgIpc) is 2.70. The van der Waals surface area contributed by atoms with E-state index in [1.54, 1.807) is 0 Å². The van der Waals surface area contributed by atoms with Crippen LogP contribution in [0.1, 0.15) is 50.2 Å². The minimum Gasteiger partial charge on any atom is -0.491 e. The third-order valence-electron chi connectivity index (χ3n) is 3.92.